The molecule has 0 fully saturated rings. The molecule has 5 nitrogen and oxygen atoms in total. The number of sulfonamides is 1. The van der Waals surface area contributed by atoms with E-state index < -0.39 is 27.9 Å². The lowest BCUT2D eigenvalue weighted by atomic mass is 10.1. The smallest absolute Gasteiger partial charge is 0.241 e. The third-order valence-corrected chi connectivity index (χ3v) is 3.90. The first kappa shape index (κ1) is 15.6. The number of carbonyl (C=O) groups excluding carboxylic acids is 1. The Morgan fingerprint density at radius 2 is 1.84 bits per heavy atom. The summed E-state index contributed by atoms with van der Waals surface area (Å²) in [5, 5.41) is 10.9. The molecule has 0 aromatic heterocycles. The maximum absolute atomic E-state index is 12.7. The Labute approximate surface area is 111 Å². The van der Waals surface area contributed by atoms with Crippen LogP contribution in [0.3, 0.4) is 0 Å². The summed E-state index contributed by atoms with van der Waals surface area (Å²) >= 11 is 0. The van der Waals surface area contributed by atoms with Gasteiger partial charge in [-0.2, -0.15) is 0 Å². The number of hydrogen-bond acceptors (Lipinski definition) is 4. The highest BCUT2D eigenvalue weighted by molar-refractivity contribution is 7.89. The van der Waals surface area contributed by atoms with Gasteiger partial charge in [-0.15, -0.1) is 0 Å². The molecule has 0 heterocycles. The fourth-order valence-corrected chi connectivity index (χ4v) is 2.73. The lowest BCUT2D eigenvalue weighted by Gasteiger charge is -2.21. The molecule has 0 amide bonds. The van der Waals surface area contributed by atoms with Crippen molar-refractivity contribution in [1.29, 1.82) is 0 Å². The Kier molecular flexibility index (Phi) is 5.02. The zero-order chi connectivity index (χ0) is 14.6. The first-order valence-electron chi connectivity index (χ1n) is 5.71. The molecule has 0 aliphatic carbocycles. The number of rotatable bonds is 6. The van der Waals surface area contributed by atoms with Crippen LogP contribution >= 0.6 is 0 Å². The summed E-state index contributed by atoms with van der Waals surface area (Å²) in [5.74, 6) is -2.07. The molecule has 19 heavy (non-hydrogen) atoms. The van der Waals surface area contributed by atoms with E-state index in [1.807, 2.05) is 4.72 Å². The van der Waals surface area contributed by atoms with Crippen molar-refractivity contribution in [3.05, 3.63) is 30.1 Å². The SMILES string of the molecule is CC(C)CC(NS(=O)(=O)c1ccc(F)cc1)C(=O)[O-]. The zero-order valence-corrected chi connectivity index (χ0v) is 11.4. The minimum absolute atomic E-state index is 0.0150. The minimum atomic E-state index is -4.00. The van der Waals surface area contributed by atoms with Gasteiger partial charge in [0.1, 0.15) is 5.82 Å². The average molecular weight is 288 g/mol. The molecule has 7 heteroatoms. The fourth-order valence-electron chi connectivity index (χ4n) is 1.53. The first-order chi connectivity index (χ1) is 8.72. The third kappa shape index (κ3) is 4.60. The van der Waals surface area contributed by atoms with E-state index in [4.69, 9.17) is 0 Å². The van der Waals surface area contributed by atoms with Crippen molar-refractivity contribution in [2.45, 2.75) is 31.2 Å². The number of carboxylic acids is 1. The molecule has 106 valence electrons. The van der Waals surface area contributed by atoms with Crippen molar-refractivity contribution in [2.24, 2.45) is 5.92 Å². The maximum Gasteiger partial charge on any atom is 0.241 e. The molecule has 1 rings (SSSR count). The van der Waals surface area contributed by atoms with Gasteiger partial charge in [-0.05, 0) is 36.6 Å². The van der Waals surface area contributed by atoms with E-state index in [1.165, 1.54) is 0 Å². The Morgan fingerprint density at radius 1 is 1.32 bits per heavy atom. The third-order valence-electron chi connectivity index (χ3n) is 2.41. The van der Waals surface area contributed by atoms with Gasteiger partial charge in [0.25, 0.3) is 0 Å². The molecule has 1 aromatic rings. The highest BCUT2D eigenvalue weighted by Crippen LogP contribution is 2.12. The monoisotopic (exact) mass is 288 g/mol. The van der Waals surface area contributed by atoms with Crippen molar-refractivity contribution < 1.29 is 22.7 Å². The highest BCUT2D eigenvalue weighted by Gasteiger charge is 2.21. The summed E-state index contributed by atoms with van der Waals surface area (Å²) in [7, 11) is -4.00. The van der Waals surface area contributed by atoms with Crippen LogP contribution in [0, 0.1) is 11.7 Å². The first-order valence-corrected chi connectivity index (χ1v) is 7.19. The molecule has 0 aliphatic rings. The van der Waals surface area contributed by atoms with Gasteiger partial charge in [-0.1, -0.05) is 13.8 Å². The van der Waals surface area contributed by atoms with Gasteiger partial charge < -0.3 is 9.90 Å². The number of benzene rings is 1. The van der Waals surface area contributed by atoms with E-state index >= 15 is 0 Å². The normalized spacial score (nSPS) is 13.5. The Balaban J connectivity index is 2.94. The van der Waals surface area contributed by atoms with Crippen LogP contribution in [-0.2, 0) is 14.8 Å². The number of nitrogens with one attached hydrogen (secondary N) is 1. The van der Waals surface area contributed by atoms with E-state index in [0.29, 0.717) is 0 Å². The predicted molar refractivity (Wildman–Crippen MR) is 65.0 cm³/mol. The molecular weight excluding hydrogens is 273 g/mol. The Bertz CT molecular complexity index is 539. The van der Waals surface area contributed by atoms with Crippen LogP contribution in [0.4, 0.5) is 4.39 Å². The van der Waals surface area contributed by atoms with Gasteiger partial charge in [-0.3, -0.25) is 0 Å². The van der Waals surface area contributed by atoms with Crippen molar-refractivity contribution in [2.75, 3.05) is 0 Å². The van der Waals surface area contributed by atoms with Crippen LogP contribution in [0.2, 0.25) is 0 Å². The number of carboxylic acid groups (broad SMARTS) is 1. The maximum atomic E-state index is 12.7. The van der Waals surface area contributed by atoms with E-state index in [9.17, 15) is 22.7 Å². The molecule has 0 spiro atoms. The van der Waals surface area contributed by atoms with Crippen LogP contribution in [0.5, 0.6) is 0 Å². The summed E-state index contributed by atoms with van der Waals surface area (Å²) in [6.07, 6.45) is 0.114. The lowest BCUT2D eigenvalue weighted by Crippen LogP contribution is -2.48. The highest BCUT2D eigenvalue weighted by atomic mass is 32.2. The summed E-state index contributed by atoms with van der Waals surface area (Å²) in [6.45, 7) is 3.53. The molecule has 1 N–H and O–H groups in total. The molecule has 0 bridgehead atoms. The van der Waals surface area contributed by atoms with Gasteiger partial charge in [0, 0.05) is 0 Å². The van der Waals surface area contributed by atoms with Crippen molar-refractivity contribution in [3.8, 4) is 0 Å². The van der Waals surface area contributed by atoms with Gasteiger partial charge in [0.2, 0.25) is 10.0 Å². The van der Waals surface area contributed by atoms with Crippen molar-refractivity contribution in [3.63, 3.8) is 0 Å². The van der Waals surface area contributed by atoms with E-state index in [1.54, 1.807) is 13.8 Å². The van der Waals surface area contributed by atoms with Crippen molar-refractivity contribution in [1.82, 2.24) is 4.72 Å². The van der Waals surface area contributed by atoms with E-state index in [2.05, 4.69) is 0 Å². The molecule has 1 atom stereocenters. The van der Waals surface area contributed by atoms with Crippen LogP contribution < -0.4 is 9.83 Å². The number of hydrogen-bond donors (Lipinski definition) is 1. The Morgan fingerprint density at radius 3 is 2.26 bits per heavy atom. The number of carbonyl (C=O) groups is 1. The fraction of sp³-hybridized carbons (Fsp3) is 0.417. The van der Waals surface area contributed by atoms with Gasteiger partial charge in [0.05, 0.1) is 16.9 Å². The summed E-state index contributed by atoms with van der Waals surface area (Å²) in [6, 6.07) is 2.81. The minimum Gasteiger partial charge on any atom is -0.548 e. The van der Waals surface area contributed by atoms with Crippen LogP contribution in [0.1, 0.15) is 20.3 Å². The molecular formula is C12H15FNO4S-. The molecule has 0 radical (unpaired) electrons. The summed E-state index contributed by atoms with van der Waals surface area (Å²) in [4.78, 5) is 10.7. The van der Waals surface area contributed by atoms with E-state index in [-0.39, 0.29) is 17.2 Å². The largest absolute Gasteiger partial charge is 0.548 e. The average Bonchev–Trinajstić information content (AvgIpc) is 2.27. The predicted octanol–water partition coefficient (Wildman–Crippen LogP) is 0.269. The van der Waals surface area contributed by atoms with E-state index in [0.717, 1.165) is 24.3 Å². The summed E-state index contributed by atoms with van der Waals surface area (Å²) < 4.78 is 38.6. The molecule has 0 aliphatic heterocycles. The van der Waals surface area contributed by atoms with Crippen molar-refractivity contribution >= 4 is 16.0 Å². The topological polar surface area (TPSA) is 86.3 Å². The van der Waals surface area contributed by atoms with Gasteiger partial charge in [-0.25, -0.2) is 17.5 Å². The second-order valence-electron chi connectivity index (χ2n) is 4.58. The second-order valence-corrected chi connectivity index (χ2v) is 6.29. The zero-order valence-electron chi connectivity index (χ0n) is 10.6. The van der Waals surface area contributed by atoms with Gasteiger partial charge >= 0.3 is 0 Å². The number of halogens is 1. The van der Waals surface area contributed by atoms with Gasteiger partial charge in [0.15, 0.2) is 0 Å². The summed E-state index contributed by atoms with van der Waals surface area (Å²) in [5.41, 5.74) is 0. The standard InChI is InChI=1S/C12H16FNO4S/c1-8(2)7-11(12(15)16)14-19(17,18)10-5-3-9(13)4-6-10/h3-6,8,11,14H,7H2,1-2H3,(H,15,16)/p-1. The Hall–Kier alpha value is -1.47. The van der Waals surface area contributed by atoms with Crippen LogP contribution in [0.15, 0.2) is 29.2 Å². The molecule has 0 saturated heterocycles. The number of aliphatic carboxylic acids is 1. The molecule has 1 unspecified atom stereocenters. The molecule has 0 saturated carbocycles. The second kappa shape index (κ2) is 6.12. The van der Waals surface area contributed by atoms with Crippen LogP contribution in [0.25, 0.3) is 0 Å². The van der Waals surface area contributed by atoms with Crippen LogP contribution in [-0.4, -0.2) is 20.4 Å². The quantitative estimate of drug-likeness (QED) is 0.814. The molecule has 1 aromatic carbocycles. The lowest BCUT2D eigenvalue weighted by molar-refractivity contribution is -0.308.